The van der Waals surface area contributed by atoms with Crippen molar-refractivity contribution < 1.29 is 18.7 Å². The fourth-order valence-corrected chi connectivity index (χ4v) is 3.26. The van der Waals surface area contributed by atoms with Gasteiger partial charge in [-0.1, -0.05) is 24.3 Å². The molecule has 0 radical (unpaired) electrons. The molecule has 1 heterocycles. The fourth-order valence-electron chi connectivity index (χ4n) is 3.26. The third-order valence-corrected chi connectivity index (χ3v) is 4.52. The Morgan fingerprint density at radius 2 is 1.96 bits per heavy atom. The minimum Gasteiger partial charge on any atom is -0.465 e. The Morgan fingerprint density at radius 1 is 1.16 bits per heavy atom. The molecule has 0 saturated heterocycles. The summed E-state index contributed by atoms with van der Waals surface area (Å²) in [5.41, 5.74) is 2.65. The summed E-state index contributed by atoms with van der Waals surface area (Å²) in [5, 5.41) is 0. The number of ether oxygens (including phenoxy) is 1. The molecule has 0 fully saturated rings. The summed E-state index contributed by atoms with van der Waals surface area (Å²) in [6.45, 7) is 0.605. The number of hydrogen-bond acceptors (Lipinski definition) is 3. The van der Waals surface area contributed by atoms with E-state index in [1.54, 1.807) is 35.2 Å². The van der Waals surface area contributed by atoms with Crippen molar-refractivity contribution in [3.8, 4) is 0 Å². The van der Waals surface area contributed by atoms with Crippen molar-refractivity contribution in [2.75, 3.05) is 18.6 Å². The summed E-state index contributed by atoms with van der Waals surface area (Å²) in [6, 6.07) is 11.8. The number of benzene rings is 2. The van der Waals surface area contributed by atoms with Crippen LogP contribution in [0.3, 0.4) is 0 Å². The molecule has 0 atom stereocenters. The minimum atomic E-state index is -0.391. The lowest BCUT2D eigenvalue weighted by molar-refractivity contribution is -0.118. The SMILES string of the molecule is COC(=O)c1cccc2c1CCCN2C(=O)CCc1ccccc1F. The van der Waals surface area contributed by atoms with E-state index in [9.17, 15) is 14.0 Å². The second-order valence-corrected chi connectivity index (χ2v) is 6.04. The van der Waals surface area contributed by atoms with Crippen LogP contribution in [0.4, 0.5) is 10.1 Å². The highest BCUT2D eigenvalue weighted by Gasteiger charge is 2.26. The summed E-state index contributed by atoms with van der Waals surface area (Å²) in [7, 11) is 1.35. The maximum atomic E-state index is 13.7. The molecule has 2 aromatic carbocycles. The van der Waals surface area contributed by atoms with Gasteiger partial charge in [0.2, 0.25) is 5.91 Å². The van der Waals surface area contributed by atoms with Gasteiger partial charge in [0.25, 0.3) is 0 Å². The summed E-state index contributed by atoms with van der Waals surface area (Å²) in [4.78, 5) is 26.3. The second kappa shape index (κ2) is 7.47. The Bertz CT molecular complexity index is 803. The summed E-state index contributed by atoms with van der Waals surface area (Å²) < 4.78 is 18.6. The van der Waals surface area contributed by atoms with E-state index in [2.05, 4.69) is 0 Å². The number of halogens is 1. The molecule has 1 aliphatic rings. The van der Waals surface area contributed by atoms with E-state index in [0.717, 1.165) is 24.1 Å². The molecule has 1 aliphatic heterocycles. The minimum absolute atomic E-state index is 0.0637. The van der Waals surface area contributed by atoms with E-state index < -0.39 is 5.97 Å². The van der Waals surface area contributed by atoms with Crippen LogP contribution >= 0.6 is 0 Å². The van der Waals surface area contributed by atoms with Crippen LogP contribution in [0.1, 0.15) is 34.3 Å². The van der Waals surface area contributed by atoms with Gasteiger partial charge in [-0.3, -0.25) is 4.79 Å². The van der Waals surface area contributed by atoms with Gasteiger partial charge in [-0.15, -0.1) is 0 Å². The number of carbonyl (C=O) groups excluding carboxylic acids is 2. The highest BCUT2D eigenvalue weighted by molar-refractivity contribution is 5.98. The first-order valence-electron chi connectivity index (χ1n) is 8.36. The Kier molecular flexibility index (Phi) is 5.12. The normalized spacial score (nSPS) is 13.3. The summed E-state index contributed by atoms with van der Waals surface area (Å²) in [5.74, 6) is -0.744. The number of aryl methyl sites for hydroxylation is 1. The highest BCUT2D eigenvalue weighted by atomic mass is 19.1. The zero-order chi connectivity index (χ0) is 17.8. The van der Waals surface area contributed by atoms with Crippen LogP contribution in [0.2, 0.25) is 0 Å². The van der Waals surface area contributed by atoms with Crippen molar-refractivity contribution in [1.29, 1.82) is 0 Å². The molecule has 0 aromatic heterocycles. The van der Waals surface area contributed by atoms with Crippen LogP contribution in [0.5, 0.6) is 0 Å². The van der Waals surface area contributed by atoms with E-state index in [-0.39, 0.29) is 18.1 Å². The van der Waals surface area contributed by atoms with Crippen molar-refractivity contribution >= 4 is 17.6 Å². The van der Waals surface area contributed by atoms with Crippen molar-refractivity contribution in [1.82, 2.24) is 0 Å². The Balaban J connectivity index is 1.80. The number of esters is 1. The third-order valence-electron chi connectivity index (χ3n) is 4.52. The zero-order valence-corrected chi connectivity index (χ0v) is 14.1. The number of rotatable bonds is 4. The molecule has 2 aromatic rings. The maximum Gasteiger partial charge on any atom is 0.338 e. The topological polar surface area (TPSA) is 46.6 Å². The van der Waals surface area contributed by atoms with Crippen molar-refractivity contribution in [2.24, 2.45) is 0 Å². The molecule has 4 nitrogen and oxygen atoms in total. The van der Waals surface area contributed by atoms with Gasteiger partial charge < -0.3 is 9.64 Å². The number of hydrogen-bond donors (Lipinski definition) is 0. The molecule has 130 valence electrons. The van der Waals surface area contributed by atoms with Crippen LogP contribution in [-0.4, -0.2) is 25.5 Å². The van der Waals surface area contributed by atoms with E-state index >= 15 is 0 Å². The highest BCUT2D eigenvalue weighted by Crippen LogP contribution is 2.31. The van der Waals surface area contributed by atoms with Crippen LogP contribution in [-0.2, 0) is 22.4 Å². The van der Waals surface area contributed by atoms with Gasteiger partial charge >= 0.3 is 5.97 Å². The van der Waals surface area contributed by atoms with E-state index in [1.807, 2.05) is 6.07 Å². The van der Waals surface area contributed by atoms with Gasteiger partial charge in [0.1, 0.15) is 5.82 Å². The molecule has 25 heavy (non-hydrogen) atoms. The van der Waals surface area contributed by atoms with Crippen LogP contribution in [0.15, 0.2) is 42.5 Å². The number of nitrogens with zero attached hydrogens (tertiary/aromatic N) is 1. The Hall–Kier alpha value is -2.69. The van der Waals surface area contributed by atoms with Gasteiger partial charge in [0.05, 0.1) is 12.7 Å². The lowest BCUT2D eigenvalue weighted by atomic mass is 9.95. The first-order chi connectivity index (χ1) is 12.1. The van der Waals surface area contributed by atoms with E-state index in [0.29, 0.717) is 24.1 Å². The Labute approximate surface area is 146 Å². The average Bonchev–Trinajstić information content (AvgIpc) is 2.65. The largest absolute Gasteiger partial charge is 0.465 e. The molecule has 0 N–H and O–H groups in total. The maximum absolute atomic E-state index is 13.7. The van der Waals surface area contributed by atoms with Crippen molar-refractivity contribution in [2.45, 2.75) is 25.7 Å². The third kappa shape index (κ3) is 3.55. The first kappa shape index (κ1) is 17.1. The van der Waals surface area contributed by atoms with Gasteiger partial charge in [-0.2, -0.15) is 0 Å². The predicted molar refractivity (Wildman–Crippen MR) is 93.2 cm³/mol. The smallest absolute Gasteiger partial charge is 0.338 e. The molecule has 0 aliphatic carbocycles. The standard InChI is InChI=1S/C20H20FNO3/c1-25-20(24)16-7-4-10-18-15(16)8-5-13-22(18)19(23)12-11-14-6-2-3-9-17(14)21/h2-4,6-7,9-10H,5,8,11-13H2,1H3. The number of carbonyl (C=O) groups is 2. The molecule has 0 bridgehead atoms. The zero-order valence-electron chi connectivity index (χ0n) is 14.1. The van der Waals surface area contributed by atoms with Gasteiger partial charge in [0, 0.05) is 18.7 Å². The van der Waals surface area contributed by atoms with Gasteiger partial charge in [-0.25, -0.2) is 9.18 Å². The van der Waals surface area contributed by atoms with Gasteiger partial charge in [0.15, 0.2) is 0 Å². The predicted octanol–water partition coefficient (Wildman–Crippen LogP) is 3.52. The second-order valence-electron chi connectivity index (χ2n) is 6.04. The van der Waals surface area contributed by atoms with E-state index in [4.69, 9.17) is 4.74 Å². The number of anilines is 1. The lowest BCUT2D eigenvalue weighted by Gasteiger charge is -2.30. The fraction of sp³-hybridized carbons (Fsp3) is 0.300. The number of amides is 1. The first-order valence-corrected chi connectivity index (χ1v) is 8.36. The number of methoxy groups -OCH3 is 1. The molecule has 1 amide bonds. The van der Waals surface area contributed by atoms with Crippen molar-refractivity contribution in [3.63, 3.8) is 0 Å². The molecular weight excluding hydrogens is 321 g/mol. The number of fused-ring (bicyclic) bond motifs is 1. The van der Waals surface area contributed by atoms with Crippen LogP contribution in [0, 0.1) is 5.82 Å². The van der Waals surface area contributed by atoms with Crippen molar-refractivity contribution in [3.05, 3.63) is 65.0 Å². The van der Waals surface area contributed by atoms with Crippen LogP contribution < -0.4 is 4.90 Å². The quantitative estimate of drug-likeness (QED) is 0.800. The molecule has 0 unspecified atom stereocenters. The monoisotopic (exact) mass is 341 g/mol. The average molecular weight is 341 g/mol. The molecule has 0 spiro atoms. The lowest BCUT2D eigenvalue weighted by Crippen LogP contribution is -2.36. The molecule has 0 saturated carbocycles. The molecular formula is C20H20FNO3. The van der Waals surface area contributed by atoms with Gasteiger partial charge in [-0.05, 0) is 48.6 Å². The molecule has 5 heteroatoms. The Morgan fingerprint density at radius 3 is 2.72 bits per heavy atom. The van der Waals surface area contributed by atoms with E-state index in [1.165, 1.54) is 13.2 Å². The molecule has 3 rings (SSSR count). The van der Waals surface area contributed by atoms with Crippen LogP contribution in [0.25, 0.3) is 0 Å². The summed E-state index contributed by atoms with van der Waals surface area (Å²) >= 11 is 0. The summed E-state index contributed by atoms with van der Waals surface area (Å²) in [6.07, 6.45) is 2.10.